The van der Waals surface area contributed by atoms with E-state index < -0.39 is 0 Å². The van der Waals surface area contributed by atoms with E-state index in [4.69, 9.17) is 0 Å². The maximum Gasteiger partial charge on any atom is 0.0216 e. The van der Waals surface area contributed by atoms with Gasteiger partial charge >= 0.3 is 0 Å². The molecule has 1 aromatic rings. The van der Waals surface area contributed by atoms with Crippen LogP contribution in [-0.4, -0.2) is 12.3 Å². The molecular weight excluding hydrogens is 214 g/mol. The number of nitrogens with one attached hydrogen (secondary N) is 1. The van der Waals surface area contributed by atoms with Crippen molar-refractivity contribution in [2.45, 2.75) is 38.6 Å². The Balaban J connectivity index is 2.56. The van der Waals surface area contributed by atoms with Crippen LogP contribution in [0.1, 0.15) is 32.8 Å². The zero-order valence-electron chi connectivity index (χ0n) is 10.6. The Labute approximate surface area is 104 Å². The third-order valence-electron chi connectivity index (χ3n) is 2.76. The van der Waals surface area contributed by atoms with E-state index in [2.05, 4.69) is 50.4 Å². The third-order valence-corrected chi connectivity index (χ3v) is 4.20. The molecule has 16 heavy (non-hydrogen) atoms. The number of benzene rings is 1. The molecule has 0 amide bonds. The van der Waals surface area contributed by atoms with Crippen molar-refractivity contribution in [1.82, 2.24) is 5.32 Å². The van der Waals surface area contributed by atoms with E-state index >= 15 is 0 Å². The summed E-state index contributed by atoms with van der Waals surface area (Å²) in [5.74, 6) is 2.02. The second-order valence-corrected chi connectivity index (χ2v) is 5.27. The first kappa shape index (κ1) is 13.6. The zero-order valence-corrected chi connectivity index (χ0v) is 11.4. The minimum Gasteiger partial charge on any atom is -0.313 e. The Morgan fingerprint density at radius 3 is 2.69 bits per heavy atom. The number of hydrogen-bond donors (Lipinski definition) is 1. The van der Waals surface area contributed by atoms with Crippen molar-refractivity contribution < 1.29 is 0 Å². The largest absolute Gasteiger partial charge is 0.313 e. The van der Waals surface area contributed by atoms with Gasteiger partial charge in [0.1, 0.15) is 0 Å². The fraction of sp³-hybridized carbons (Fsp3) is 0.571. The van der Waals surface area contributed by atoms with Crippen LogP contribution in [0.25, 0.3) is 0 Å². The van der Waals surface area contributed by atoms with Crippen molar-refractivity contribution in [2.75, 3.05) is 12.3 Å². The second-order valence-electron chi connectivity index (χ2n) is 4.21. The Morgan fingerprint density at radius 2 is 2.00 bits per heavy atom. The minimum atomic E-state index is 0.803. The van der Waals surface area contributed by atoms with E-state index in [9.17, 15) is 0 Å². The Morgan fingerprint density at radius 1 is 1.25 bits per heavy atom. The molecule has 0 aliphatic carbocycles. The van der Waals surface area contributed by atoms with Gasteiger partial charge in [-0.25, -0.2) is 0 Å². The summed E-state index contributed by atoms with van der Waals surface area (Å²) in [6, 6.07) is 8.72. The Hall–Kier alpha value is -0.470. The number of thioether (sulfide) groups is 1. The topological polar surface area (TPSA) is 12.0 Å². The second kappa shape index (κ2) is 7.75. The first-order valence-corrected chi connectivity index (χ1v) is 7.17. The van der Waals surface area contributed by atoms with Crippen LogP contribution >= 0.6 is 11.8 Å². The smallest absolute Gasteiger partial charge is 0.0216 e. The molecule has 0 heterocycles. The average Bonchev–Trinajstić information content (AvgIpc) is 2.34. The summed E-state index contributed by atoms with van der Waals surface area (Å²) in [6.07, 6.45) is 1.27. The predicted octanol–water partition coefficient (Wildman–Crippen LogP) is 3.93. The van der Waals surface area contributed by atoms with Crippen LogP contribution in [0.4, 0.5) is 0 Å². The maximum absolute atomic E-state index is 3.39. The average molecular weight is 237 g/mol. The minimum absolute atomic E-state index is 0.803. The summed E-state index contributed by atoms with van der Waals surface area (Å²) >= 11 is 1.99. The van der Waals surface area contributed by atoms with Gasteiger partial charge in [-0.05, 0) is 24.1 Å². The van der Waals surface area contributed by atoms with Gasteiger partial charge in [-0.1, -0.05) is 45.4 Å². The normalized spacial score (nSPS) is 12.7. The number of hydrogen-bond acceptors (Lipinski definition) is 2. The van der Waals surface area contributed by atoms with E-state index in [0.29, 0.717) is 0 Å². The SMILES string of the molecule is CCNCc1ccccc1SCC(C)CC. The van der Waals surface area contributed by atoms with E-state index in [1.165, 1.54) is 22.6 Å². The van der Waals surface area contributed by atoms with Crippen molar-refractivity contribution in [3.05, 3.63) is 29.8 Å². The van der Waals surface area contributed by atoms with Gasteiger partial charge in [0.2, 0.25) is 0 Å². The van der Waals surface area contributed by atoms with Gasteiger partial charge in [0, 0.05) is 17.2 Å². The molecule has 1 N–H and O–H groups in total. The lowest BCUT2D eigenvalue weighted by Crippen LogP contribution is -2.12. The molecule has 1 aromatic carbocycles. The van der Waals surface area contributed by atoms with Crippen LogP contribution in [0.2, 0.25) is 0 Å². The fourth-order valence-corrected chi connectivity index (χ4v) is 2.60. The van der Waals surface area contributed by atoms with E-state index in [-0.39, 0.29) is 0 Å². The highest BCUT2D eigenvalue weighted by atomic mass is 32.2. The molecule has 0 saturated carbocycles. The van der Waals surface area contributed by atoms with Gasteiger partial charge in [0.15, 0.2) is 0 Å². The maximum atomic E-state index is 3.39. The van der Waals surface area contributed by atoms with Gasteiger partial charge in [-0.3, -0.25) is 0 Å². The molecule has 0 aliphatic heterocycles. The van der Waals surface area contributed by atoms with Crippen molar-refractivity contribution in [1.29, 1.82) is 0 Å². The monoisotopic (exact) mass is 237 g/mol. The van der Waals surface area contributed by atoms with Crippen LogP contribution < -0.4 is 5.32 Å². The molecule has 1 unspecified atom stereocenters. The van der Waals surface area contributed by atoms with Crippen molar-refractivity contribution in [2.24, 2.45) is 5.92 Å². The van der Waals surface area contributed by atoms with Crippen LogP contribution in [0.3, 0.4) is 0 Å². The summed E-state index contributed by atoms with van der Waals surface area (Å²) in [4.78, 5) is 1.43. The molecular formula is C14H23NS. The summed E-state index contributed by atoms with van der Waals surface area (Å²) in [5, 5.41) is 3.39. The molecule has 0 fully saturated rings. The molecule has 90 valence electrons. The molecule has 0 aromatic heterocycles. The molecule has 0 aliphatic rings. The molecule has 1 rings (SSSR count). The van der Waals surface area contributed by atoms with Crippen LogP contribution in [0.15, 0.2) is 29.2 Å². The van der Waals surface area contributed by atoms with Gasteiger partial charge in [0.05, 0.1) is 0 Å². The highest BCUT2D eigenvalue weighted by Gasteiger charge is 2.04. The van der Waals surface area contributed by atoms with E-state index in [1.54, 1.807) is 0 Å². The highest BCUT2D eigenvalue weighted by molar-refractivity contribution is 7.99. The van der Waals surface area contributed by atoms with Gasteiger partial charge in [-0.2, -0.15) is 0 Å². The first-order chi connectivity index (χ1) is 7.77. The van der Waals surface area contributed by atoms with Crippen molar-refractivity contribution in [3.63, 3.8) is 0 Å². The van der Waals surface area contributed by atoms with Gasteiger partial charge in [0.25, 0.3) is 0 Å². The lowest BCUT2D eigenvalue weighted by molar-refractivity contribution is 0.636. The lowest BCUT2D eigenvalue weighted by Gasteiger charge is -2.12. The molecule has 1 nitrogen and oxygen atoms in total. The lowest BCUT2D eigenvalue weighted by atomic mass is 10.2. The Kier molecular flexibility index (Phi) is 6.58. The summed E-state index contributed by atoms with van der Waals surface area (Å²) in [7, 11) is 0. The van der Waals surface area contributed by atoms with Crippen molar-refractivity contribution >= 4 is 11.8 Å². The summed E-state index contributed by atoms with van der Waals surface area (Å²) < 4.78 is 0. The van der Waals surface area contributed by atoms with Crippen LogP contribution in [0, 0.1) is 5.92 Å². The van der Waals surface area contributed by atoms with Crippen LogP contribution in [0.5, 0.6) is 0 Å². The Bertz CT molecular complexity index is 299. The van der Waals surface area contributed by atoms with Crippen LogP contribution in [-0.2, 0) is 6.54 Å². The molecule has 0 bridgehead atoms. The summed E-state index contributed by atoms with van der Waals surface area (Å²) in [5.41, 5.74) is 1.43. The molecule has 0 radical (unpaired) electrons. The quantitative estimate of drug-likeness (QED) is 0.721. The number of rotatable bonds is 7. The summed E-state index contributed by atoms with van der Waals surface area (Å²) in [6.45, 7) is 8.75. The fourth-order valence-electron chi connectivity index (χ4n) is 1.40. The van der Waals surface area contributed by atoms with Gasteiger partial charge < -0.3 is 5.32 Å². The molecule has 0 spiro atoms. The van der Waals surface area contributed by atoms with E-state index in [0.717, 1.165) is 19.0 Å². The van der Waals surface area contributed by atoms with Crippen molar-refractivity contribution in [3.8, 4) is 0 Å². The first-order valence-electron chi connectivity index (χ1n) is 6.19. The van der Waals surface area contributed by atoms with E-state index in [1.807, 2.05) is 11.8 Å². The molecule has 2 heteroatoms. The molecule has 0 saturated heterocycles. The zero-order chi connectivity index (χ0) is 11.8. The van der Waals surface area contributed by atoms with Gasteiger partial charge in [-0.15, -0.1) is 11.8 Å². The standard InChI is InChI=1S/C14H23NS/c1-4-12(3)11-16-14-9-7-6-8-13(14)10-15-5-2/h6-9,12,15H,4-5,10-11H2,1-3H3. The molecule has 1 atom stereocenters. The highest BCUT2D eigenvalue weighted by Crippen LogP contribution is 2.25. The third kappa shape index (κ3) is 4.58. The predicted molar refractivity (Wildman–Crippen MR) is 74.0 cm³/mol.